The first kappa shape index (κ1) is 19.4. The van der Waals surface area contributed by atoms with Gasteiger partial charge in [-0.1, -0.05) is 42.5 Å². The van der Waals surface area contributed by atoms with Crippen LogP contribution in [0.25, 0.3) is 10.8 Å². The van der Waals surface area contributed by atoms with Crippen molar-refractivity contribution in [2.24, 2.45) is 5.10 Å². The predicted octanol–water partition coefficient (Wildman–Crippen LogP) is 3.66. The van der Waals surface area contributed by atoms with E-state index in [1.54, 1.807) is 45.4 Å². The summed E-state index contributed by atoms with van der Waals surface area (Å²) in [6, 6.07) is 17.9. The Labute approximate surface area is 173 Å². The summed E-state index contributed by atoms with van der Waals surface area (Å²) in [4.78, 5) is 25.7. The van der Waals surface area contributed by atoms with Crippen molar-refractivity contribution in [1.29, 1.82) is 0 Å². The summed E-state index contributed by atoms with van der Waals surface area (Å²) in [6.45, 7) is 1.66. The van der Waals surface area contributed by atoms with E-state index in [2.05, 4.69) is 10.4 Å². The number of ether oxygens (including phenoxy) is 2. The molecule has 0 aliphatic carbocycles. The summed E-state index contributed by atoms with van der Waals surface area (Å²) in [6.07, 6.45) is 1.48. The van der Waals surface area contributed by atoms with Gasteiger partial charge in [0, 0.05) is 5.56 Å². The van der Waals surface area contributed by atoms with Gasteiger partial charge in [0.2, 0.25) is 0 Å². The van der Waals surface area contributed by atoms with E-state index >= 15 is 0 Å². The molecule has 152 valence electrons. The van der Waals surface area contributed by atoms with Crippen molar-refractivity contribution in [3.63, 3.8) is 0 Å². The standard InChI is InChI=1S/C23H21N3O4/c1-23(16-9-11-17(29-2)12-10-16)21(27)26(22(28)25-23)24-14-19-18-7-5-4-6-15(18)8-13-20(19)30-3/h4-14H,1-3H3,(H,25,28)/b24-14-/t23-/m1/s1. The first-order valence-electron chi connectivity index (χ1n) is 9.39. The molecule has 1 fully saturated rings. The third kappa shape index (κ3) is 3.14. The molecule has 1 saturated heterocycles. The maximum absolute atomic E-state index is 13.1. The third-order valence-electron chi connectivity index (χ3n) is 5.29. The SMILES string of the molecule is COc1ccc([C@@]2(C)NC(=O)N(/N=C\c3c(OC)ccc4ccccc34)C2=O)cc1. The number of carbonyl (C=O) groups is 2. The number of hydrazone groups is 1. The summed E-state index contributed by atoms with van der Waals surface area (Å²) in [5, 5.41) is 9.71. The minimum Gasteiger partial charge on any atom is -0.497 e. The molecule has 4 rings (SSSR count). The molecule has 0 aromatic heterocycles. The summed E-state index contributed by atoms with van der Waals surface area (Å²) < 4.78 is 10.6. The Kier molecular flexibility index (Phi) is 4.87. The molecule has 7 nitrogen and oxygen atoms in total. The largest absolute Gasteiger partial charge is 0.497 e. The molecule has 0 bridgehead atoms. The monoisotopic (exact) mass is 403 g/mol. The van der Waals surface area contributed by atoms with Crippen LogP contribution in [0.5, 0.6) is 11.5 Å². The molecule has 0 saturated carbocycles. The number of carbonyl (C=O) groups excluding carboxylic acids is 2. The van der Waals surface area contributed by atoms with Gasteiger partial charge in [0.15, 0.2) is 0 Å². The van der Waals surface area contributed by atoms with Crippen molar-refractivity contribution in [3.05, 3.63) is 71.8 Å². The highest BCUT2D eigenvalue weighted by atomic mass is 16.5. The van der Waals surface area contributed by atoms with Crippen molar-refractivity contribution < 1.29 is 19.1 Å². The number of amides is 3. The van der Waals surface area contributed by atoms with Gasteiger partial charge >= 0.3 is 6.03 Å². The number of hydrogen-bond donors (Lipinski definition) is 1. The molecule has 0 radical (unpaired) electrons. The average molecular weight is 403 g/mol. The van der Waals surface area contributed by atoms with Crippen LogP contribution in [0.15, 0.2) is 65.8 Å². The highest BCUT2D eigenvalue weighted by molar-refractivity contribution is 6.09. The summed E-state index contributed by atoms with van der Waals surface area (Å²) in [5.74, 6) is 0.799. The van der Waals surface area contributed by atoms with Crippen molar-refractivity contribution in [2.75, 3.05) is 14.2 Å². The number of urea groups is 1. The third-order valence-corrected chi connectivity index (χ3v) is 5.29. The van der Waals surface area contributed by atoms with Crippen LogP contribution >= 0.6 is 0 Å². The van der Waals surface area contributed by atoms with E-state index in [0.717, 1.165) is 15.8 Å². The average Bonchev–Trinajstić information content (AvgIpc) is 3.00. The zero-order valence-electron chi connectivity index (χ0n) is 16.9. The fourth-order valence-corrected chi connectivity index (χ4v) is 3.55. The lowest BCUT2D eigenvalue weighted by molar-refractivity contribution is -0.131. The minimum absolute atomic E-state index is 0.465. The van der Waals surface area contributed by atoms with Gasteiger partial charge in [0.05, 0.1) is 20.4 Å². The van der Waals surface area contributed by atoms with Gasteiger partial charge in [-0.25, -0.2) is 4.79 Å². The molecule has 3 aromatic carbocycles. The maximum Gasteiger partial charge on any atom is 0.346 e. The van der Waals surface area contributed by atoms with E-state index < -0.39 is 17.5 Å². The van der Waals surface area contributed by atoms with Crippen LogP contribution in [-0.4, -0.2) is 37.4 Å². The maximum atomic E-state index is 13.1. The molecule has 1 N–H and O–H groups in total. The second-order valence-electron chi connectivity index (χ2n) is 7.05. The topological polar surface area (TPSA) is 80.2 Å². The number of nitrogens with zero attached hydrogens (tertiary/aromatic N) is 2. The van der Waals surface area contributed by atoms with Gasteiger partial charge in [-0.05, 0) is 41.5 Å². The Bertz CT molecular complexity index is 1160. The number of benzene rings is 3. The normalized spacial score (nSPS) is 18.8. The molecule has 3 amide bonds. The smallest absolute Gasteiger partial charge is 0.346 e. The highest BCUT2D eigenvalue weighted by Gasteiger charge is 2.49. The lowest BCUT2D eigenvalue weighted by atomic mass is 9.92. The van der Waals surface area contributed by atoms with Crippen molar-refractivity contribution in [1.82, 2.24) is 10.3 Å². The Balaban J connectivity index is 1.69. The van der Waals surface area contributed by atoms with Crippen LogP contribution in [0.2, 0.25) is 0 Å². The molecule has 3 aromatic rings. The van der Waals surface area contributed by atoms with Gasteiger partial charge in [0.1, 0.15) is 17.0 Å². The van der Waals surface area contributed by atoms with Crippen molar-refractivity contribution in [2.45, 2.75) is 12.5 Å². The lowest BCUT2D eigenvalue weighted by Crippen LogP contribution is -2.40. The van der Waals surface area contributed by atoms with Gasteiger partial charge in [0.25, 0.3) is 5.91 Å². The summed E-state index contributed by atoms with van der Waals surface area (Å²) in [5.41, 5.74) is 0.111. The van der Waals surface area contributed by atoms with Crippen LogP contribution in [-0.2, 0) is 10.3 Å². The number of nitrogens with one attached hydrogen (secondary N) is 1. The Morgan fingerprint density at radius 3 is 2.40 bits per heavy atom. The molecule has 1 heterocycles. The lowest BCUT2D eigenvalue weighted by Gasteiger charge is -2.21. The summed E-state index contributed by atoms with van der Waals surface area (Å²) >= 11 is 0. The Hall–Kier alpha value is -3.87. The zero-order valence-corrected chi connectivity index (χ0v) is 16.9. The van der Waals surface area contributed by atoms with E-state index in [1.807, 2.05) is 36.4 Å². The number of methoxy groups -OCH3 is 2. The minimum atomic E-state index is -1.22. The van der Waals surface area contributed by atoms with Crippen LogP contribution in [0.4, 0.5) is 4.79 Å². The fraction of sp³-hybridized carbons (Fsp3) is 0.174. The molecule has 1 atom stereocenters. The number of imide groups is 1. The molecular weight excluding hydrogens is 382 g/mol. The van der Waals surface area contributed by atoms with E-state index in [1.165, 1.54) is 6.21 Å². The predicted molar refractivity (Wildman–Crippen MR) is 114 cm³/mol. The van der Waals surface area contributed by atoms with Crippen molar-refractivity contribution in [3.8, 4) is 11.5 Å². The van der Waals surface area contributed by atoms with Crippen molar-refractivity contribution >= 4 is 28.9 Å². The first-order chi connectivity index (χ1) is 14.5. The Morgan fingerprint density at radius 2 is 1.70 bits per heavy atom. The second kappa shape index (κ2) is 7.51. The van der Waals surface area contributed by atoms with E-state index in [-0.39, 0.29) is 0 Å². The van der Waals surface area contributed by atoms with E-state index in [9.17, 15) is 9.59 Å². The van der Waals surface area contributed by atoms with E-state index in [4.69, 9.17) is 9.47 Å². The number of rotatable bonds is 5. The Morgan fingerprint density at radius 1 is 0.967 bits per heavy atom. The molecule has 1 aliphatic rings. The van der Waals surface area contributed by atoms with Crippen LogP contribution in [0.1, 0.15) is 18.1 Å². The van der Waals surface area contributed by atoms with Crippen LogP contribution < -0.4 is 14.8 Å². The van der Waals surface area contributed by atoms with E-state index in [0.29, 0.717) is 22.6 Å². The summed E-state index contributed by atoms with van der Waals surface area (Å²) in [7, 11) is 3.13. The molecule has 0 spiro atoms. The number of hydrogen-bond acceptors (Lipinski definition) is 5. The van der Waals surface area contributed by atoms with Crippen LogP contribution in [0.3, 0.4) is 0 Å². The molecule has 0 unspecified atom stereocenters. The van der Waals surface area contributed by atoms with Gasteiger partial charge in [-0.15, -0.1) is 5.01 Å². The molecule has 1 aliphatic heterocycles. The zero-order chi connectivity index (χ0) is 21.3. The highest BCUT2D eigenvalue weighted by Crippen LogP contribution is 2.31. The fourth-order valence-electron chi connectivity index (χ4n) is 3.55. The van der Waals surface area contributed by atoms with Crippen LogP contribution in [0, 0.1) is 0 Å². The van der Waals surface area contributed by atoms with Gasteiger partial charge in [-0.2, -0.15) is 5.10 Å². The molecule has 30 heavy (non-hydrogen) atoms. The first-order valence-corrected chi connectivity index (χ1v) is 9.39. The molecule has 7 heteroatoms. The van der Waals surface area contributed by atoms with Gasteiger partial charge < -0.3 is 14.8 Å². The number of fused-ring (bicyclic) bond motifs is 1. The quantitative estimate of drug-likeness (QED) is 0.521. The second-order valence-corrected chi connectivity index (χ2v) is 7.05. The van der Waals surface area contributed by atoms with Gasteiger partial charge in [-0.3, -0.25) is 4.79 Å². The molecular formula is C23H21N3O4.